The molecule has 1 heterocycles. The van der Waals surface area contributed by atoms with Gasteiger partial charge >= 0.3 is 0 Å². The molecule has 0 aromatic heterocycles. The van der Waals surface area contributed by atoms with Gasteiger partial charge in [-0.15, -0.1) is 0 Å². The molecule has 1 saturated heterocycles. The van der Waals surface area contributed by atoms with Gasteiger partial charge in [0, 0.05) is 13.0 Å². The lowest BCUT2D eigenvalue weighted by Gasteiger charge is -2.45. The van der Waals surface area contributed by atoms with E-state index in [1.54, 1.807) is 4.90 Å². The van der Waals surface area contributed by atoms with Crippen molar-refractivity contribution >= 4 is 5.91 Å². The fourth-order valence-electron chi connectivity index (χ4n) is 6.71. The number of aliphatic hydroxyl groups excluding tert-OH is 3. The minimum Gasteiger partial charge on any atom is -0.394 e. The molecule has 7 nitrogen and oxygen atoms in total. The van der Waals surface area contributed by atoms with Crippen molar-refractivity contribution in [2.45, 2.75) is 224 Å². The molecule has 0 radical (unpaired) electrons. The van der Waals surface area contributed by atoms with Crippen LogP contribution in [-0.4, -0.2) is 69.9 Å². The van der Waals surface area contributed by atoms with Crippen molar-refractivity contribution in [3.63, 3.8) is 0 Å². The summed E-state index contributed by atoms with van der Waals surface area (Å²) in [6, 6.07) is -0.912. The zero-order valence-corrected chi connectivity index (χ0v) is 29.8. The number of nitrogens with two attached hydrogens (primary N) is 1. The predicted octanol–water partition coefficient (Wildman–Crippen LogP) is 8.54. The summed E-state index contributed by atoms with van der Waals surface area (Å²) in [7, 11) is 0. The molecule has 1 amide bonds. The SMILES string of the molecule is CCCCCCCCCCCCCCCCCC(=O)N(CCCCCCCCCCCCCC)C1O[C@H](CO)[C@H](O)[C@H](O)[C@H]1N. The van der Waals surface area contributed by atoms with Crippen LogP contribution in [0.3, 0.4) is 0 Å². The highest BCUT2D eigenvalue weighted by atomic mass is 16.5. The highest BCUT2D eigenvalue weighted by Crippen LogP contribution is 2.24. The predicted molar refractivity (Wildman–Crippen MR) is 188 cm³/mol. The quantitative estimate of drug-likeness (QED) is 0.0565. The molecule has 0 bridgehead atoms. The minimum atomic E-state index is -1.26. The second kappa shape index (κ2) is 29.4. The van der Waals surface area contributed by atoms with Crippen molar-refractivity contribution in [3.8, 4) is 0 Å². The van der Waals surface area contributed by atoms with Crippen LogP contribution in [0, 0.1) is 0 Å². The maximum absolute atomic E-state index is 13.4. The van der Waals surface area contributed by atoms with E-state index in [0.717, 1.165) is 38.5 Å². The molecule has 0 aliphatic carbocycles. The van der Waals surface area contributed by atoms with Crippen LogP contribution in [0.5, 0.6) is 0 Å². The first-order chi connectivity index (χ1) is 22.0. The van der Waals surface area contributed by atoms with Gasteiger partial charge in [-0.1, -0.05) is 174 Å². The largest absolute Gasteiger partial charge is 0.394 e. The van der Waals surface area contributed by atoms with Crippen molar-refractivity contribution in [1.82, 2.24) is 4.90 Å². The highest BCUT2D eigenvalue weighted by Gasteiger charge is 2.45. The van der Waals surface area contributed by atoms with E-state index in [-0.39, 0.29) is 5.91 Å². The lowest BCUT2D eigenvalue weighted by atomic mass is 9.95. The molecule has 45 heavy (non-hydrogen) atoms. The van der Waals surface area contributed by atoms with Gasteiger partial charge < -0.3 is 30.7 Å². The van der Waals surface area contributed by atoms with E-state index in [4.69, 9.17) is 10.5 Å². The van der Waals surface area contributed by atoms with Crippen LogP contribution in [-0.2, 0) is 9.53 Å². The second-order valence-corrected chi connectivity index (χ2v) is 14.0. The zero-order valence-electron chi connectivity index (χ0n) is 29.8. The van der Waals surface area contributed by atoms with Crippen LogP contribution in [0.4, 0.5) is 0 Å². The molecule has 0 aromatic rings. The lowest BCUT2D eigenvalue weighted by molar-refractivity contribution is -0.226. The molecule has 1 rings (SSSR count). The van der Waals surface area contributed by atoms with Gasteiger partial charge in [0.05, 0.1) is 12.6 Å². The summed E-state index contributed by atoms with van der Waals surface area (Å²) in [4.78, 5) is 15.1. The molecule has 1 unspecified atom stereocenters. The average molecular weight is 641 g/mol. The summed E-state index contributed by atoms with van der Waals surface area (Å²) in [6.07, 6.45) is 30.3. The van der Waals surface area contributed by atoms with Gasteiger partial charge in [0.15, 0.2) is 6.23 Å². The Morgan fingerprint density at radius 3 is 1.31 bits per heavy atom. The van der Waals surface area contributed by atoms with Gasteiger partial charge in [0.25, 0.3) is 0 Å². The maximum Gasteiger partial charge on any atom is 0.224 e. The topological polar surface area (TPSA) is 116 Å². The number of rotatable bonds is 31. The Labute approximate surface area is 278 Å². The van der Waals surface area contributed by atoms with E-state index >= 15 is 0 Å². The van der Waals surface area contributed by atoms with E-state index in [1.165, 1.54) is 135 Å². The smallest absolute Gasteiger partial charge is 0.224 e. The monoisotopic (exact) mass is 641 g/mol. The third-order valence-corrected chi connectivity index (χ3v) is 9.82. The summed E-state index contributed by atoms with van der Waals surface area (Å²) < 4.78 is 5.92. The van der Waals surface area contributed by atoms with Gasteiger partial charge in [0.1, 0.15) is 18.3 Å². The number of ether oxygens (including phenoxy) is 1. The van der Waals surface area contributed by atoms with Crippen molar-refractivity contribution < 1.29 is 24.9 Å². The first-order valence-corrected chi connectivity index (χ1v) is 19.6. The van der Waals surface area contributed by atoms with Crippen LogP contribution in [0.15, 0.2) is 0 Å². The Bertz CT molecular complexity index is 664. The van der Waals surface area contributed by atoms with Gasteiger partial charge in [0.2, 0.25) is 5.91 Å². The molecule has 268 valence electrons. The number of hydrogen-bond donors (Lipinski definition) is 4. The molecule has 0 aromatic carbocycles. The third kappa shape index (κ3) is 20.3. The number of nitrogens with zero attached hydrogens (tertiary/aromatic N) is 1. The van der Waals surface area contributed by atoms with Gasteiger partial charge in [-0.2, -0.15) is 0 Å². The zero-order chi connectivity index (χ0) is 33.0. The third-order valence-electron chi connectivity index (χ3n) is 9.82. The van der Waals surface area contributed by atoms with Crippen LogP contribution in [0.2, 0.25) is 0 Å². The van der Waals surface area contributed by atoms with Crippen LogP contribution in [0.1, 0.15) is 194 Å². The summed E-state index contributed by atoms with van der Waals surface area (Å²) in [5.41, 5.74) is 6.28. The maximum atomic E-state index is 13.4. The van der Waals surface area contributed by atoms with Crippen molar-refractivity contribution in [2.24, 2.45) is 5.73 Å². The Balaban J connectivity index is 2.32. The van der Waals surface area contributed by atoms with E-state index in [9.17, 15) is 20.1 Å². The molecule has 5 atom stereocenters. The van der Waals surface area contributed by atoms with E-state index in [1.807, 2.05) is 0 Å². The Hall–Kier alpha value is -0.730. The van der Waals surface area contributed by atoms with Gasteiger partial charge in [-0.05, 0) is 12.8 Å². The summed E-state index contributed by atoms with van der Waals surface area (Å²) >= 11 is 0. The molecule has 1 aliphatic heterocycles. The highest BCUT2D eigenvalue weighted by molar-refractivity contribution is 5.76. The number of amides is 1. The van der Waals surface area contributed by atoms with Gasteiger partial charge in [-0.3, -0.25) is 4.79 Å². The second-order valence-electron chi connectivity index (χ2n) is 14.0. The first-order valence-electron chi connectivity index (χ1n) is 19.6. The molecule has 1 fully saturated rings. The molecule has 5 N–H and O–H groups in total. The molecule has 0 spiro atoms. The summed E-state index contributed by atoms with van der Waals surface area (Å²) in [5, 5.41) is 30.5. The number of carbonyl (C=O) groups is 1. The summed E-state index contributed by atoms with van der Waals surface area (Å²) in [5.74, 6) is -0.00602. The van der Waals surface area contributed by atoms with Crippen molar-refractivity contribution in [2.75, 3.05) is 13.2 Å². The van der Waals surface area contributed by atoms with E-state index in [2.05, 4.69) is 13.8 Å². The fourth-order valence-corrected chi connectivity index (χ4v) is 6.71. The van der Waals surface area contributed by atoms with Crippen LogP contribution < -0.4 is 5.73 Å². The minimum absolute atomic E-state index is 0.00602. The van der Waals surface area contributed by atoms with E-state index in [0.29, 0.717) is 13.0 Å². The lowest BCUT2D eigenvalue weighted by Crippen LogP contribution is -2.67. The first kappa shape index (κ1) is 42.3. The molecular formula is C38H76N2O5. The van der Waals surface area contributed by atoms with Crippen LogP contribution >= 0.6 is 0 Å². The van der Waals surface area contributed by atoms with Crippen molar-refractivity contribution in [3.05, 3.63) is 0 Å². The summed E-state index contributed by atoms with van der Waals surface area (Å²) in [6.45, 7) is 4.62. The van der Waals surface area contributed by atoms with Crippen molar-refractivity contribution in [1.29, 1.82) is 0 Å². The Morgan fingerprint density at radius 1 is 0.578 bits per heavy atom. The number of unbranched alkanes of at least 4 members (excludes halogenated alkanes) is 25. The fraction of sp³-hybridized carbons (Fsp3) is 0.974. The number of hydrogen-bond acceptors (Lipinski definition) is 6. The number of carbonyl (C=O) groups excluding carboxylic acids is 1. The van der Waals surface area contributed by atoms with E-state index < -0.39 is 37.2 Å². The average Bonchev–Trinajstić information content (AvgIpc) is 3.04. The molecule has 7 heteroatoms. The number of aliphatic hydroxyl groups is 3. The molecular weight excluding hydrogens is 564 g/mol. The Kier molecular flexibility index (Phi) is 27.6. The van der Waals surface area contributed by atoms with Gasteiger partial charge in [-0.25, -0.2) is 0 Å². The molecule has 0 saturated carbocycles. The normalized spacial score (nSPS) is 21.8. The standard InChI is InChI=1S/C38H76N2O5/c1-3-5-7-9-11-13-15-17-18-19-20-22-24-26-28-30-34(42)40(38-35(39)37(44)36(43)33(32-41)45-38)31-29-27-25-23-21-16-14-12-10-8-6-4-2/h33,35-38,41,43-44H,3-32,39H2,1-2H3/t33-,35-,36+,37-,38?/m1/s1. The molecule has 1 aliphatic rings. The Morgan fingerprint density at radius 2 is 0.933 bits per heavy atom. The van der Waals surface area contributed by atoms with Crippen LogP contribution in [0.25, 0.3) is 0 Å².